The number of hydrogen-bond donors (Lipinski definition) is 1. The number of benzene rings is 1. The molecule has 0 radical (unpaired) electrons. The first-order valence-electron chi connectivity index (χ1n) is 7.28. The first kappa shape index (κ1) is 15.3. The molecular formula is C16H24FNO2. The van der Waals surface area contributed by atoms with Crippen LogP contribution in [0.5, 0.6) is 5.75 Å². The molecule has 3 nitrogen and oxygen atoms in total. The first-order valence-corrected chi connectivity index (χ1v) is 7.28. The number of aliphatic hydroxyl groups is 1. The minimum Gasteiger partial charge on any atom is -0.494 e. The van der Waals surface area contributed by atoms with Gasteiger partial charge in [0.2, 0.25) is 0 Å². The first-order chi connectivity index (χ1) is 9.62. The summed E-state index contributed by atoms with van der Waals surface area (Å²) in [5, 5.41) is 9.53. The van der Waals surface area contributed by atoms with Crippen molar-refractivity contribution < 1.29 is 14.2 Å². The van der Waals surface area contributed by atoms with Crippen molar-refractivity contribution in [2.45, 2.75) is 32.7 Å². The summed E-state index contributed by atoms with van der Waals surface area (Å²) in [5.74, 6) is -0.0158. The molecule has 0 saturated carbocycles. The van der Waals surface area contributed by atoms with Crippen molar-refractivity contribution in [3.8, 4) is 5.75 Å². The highest BCUT2D eigenvalue weighted by atomic mass is 19.1. The summed E-state index contributed by atoms with van der Waals surface area (Å²) in [6.45, 7) is 5.09. The van der Waals surface area contributed by atoms with E-state index in [4.69, 9.17) is 4.74 Å². The summed E-state index contributed by atoms with van der Waals surface area (Å²) >= 11 is 0. The van der Waals surface area contributed by atoms with E-state index in [0.29, 0.717) is 0 Å². The molecule has 112 valence electrons. The van der Waals surface area contributed by atoms with E-state index in [1.54, 1.807) is 12.1 Å². The lowest BCUT2D eigenvalue weighted by Crippen LogP contribution is -2.41. The molecule has 1 aromatic rings. The van der Waals surface area contributed by atoms with Crippen LogP contribution in [0.3, 0.4) is 0 Å². The molecular weight excluding hydrogens is 257 g/mol. The Kier molecular flexibility index (Phi) is 5.00. The predicted octanol–water partition coefficient (Wildman–Crippen LogP) is 2.82. The summed E-state index contributed by atoms with van der Waals surface area (Å²) in [4.78, 5) is 2.32. The topological polar surface area (TPSA) is 32.7 Å². The van der Waals surface area contributed by atoms with Crippen LogP contribution < -0.4 is 4.74 Å². The Bertz CT molecular complexity index is 436. The van der Waals surface area contributed by atoms with E-state index in [1.807, 2.05) is 6.07 Å². The van der Waals surface area contributed by atoms with Gasteiger partial charge in [-0.2, -0.15) is 0 Å². The Morgan fingerprint density at radius 3 is 2.55 bits per heavy atom. The van der Waals surface area contributed by atoms with E-state index in [9.17, 15) is 9.50 Å². The average Bonchev–Trinajstić information content (AvgIpc) is 2.49. The molecule has 0 bridgehead atoms. The molecule has 1 N–H and O–H groups in total. The van der Waals surface area contributed by atoms with E-state index in [0.717, 1.165) is 44.5 Å². The maximum Gasteiger partial charge on any atom is 0.165 e. The number of aliphatic hydroxyl groups excluding tert-OH is 1. The van der Waals surface area contributed by atoms with Crippen LogP contribution in [0.25, 0.3) is 0 Å². The summed E-state index contributed by atoms with van der Waals surface area (Å²) in [5.41, 5.74) is 1.07. The van der Waals surface area contributed by atoms with Crippen LogP contribution in [-0.2, 0) is 6.54 Å². The van der Waals surface area contributed by atoms with E-state index < -0.39 is 0 Å². The normalized spacial score (nSPS) is 19.0. The second-order valence-corrected chi connectivity index (χ2v) is 5.76. The zero-order valence-electron chi connectivity index (χ0n) is 12.4. The third kappa shape index (κ3) is 3.30. The van der Waals surface area contributed by atoms with Gasteiger partial charge in [-0.05, 0) is 55.5 Å². The largest absolute Gasteiger partial charge is 0.494 e. The number of hydrogen-bond acceptors (Lipinski definition) is 3. The molecule has 1 saturated heterocycles. The fourth-order valence-electron chi connectivity index (χ4n) is 2.88. The Hall–Kier alpha value is -1.13. The van der Waals surface area contributed by atoms with Crippen molar-refractivity contribution in [3.05, 3.63) is 29.6 Å². The van der Waals surface area contributed by atoms with Gasteiger partial charge in [0.1, 0.15) is 0 Å². The summed E-state index contributed by atoms with van der Waals surface area (Å²) in [6.07, 6.45) is 3.05. The van der Waals surface area contributed by atoms with Gasteiger partial charge >= 0.3 is 0 Å². The molecule has 1 aliphatic rings. The fourth-order valence-corrected chi connectivity index (χ4v) is 2.88. The van der Waals surface area contributed by atoms with Gasteiger partial charge in [-0.15, -0.1) is 0 Å². The quantitative estimate of drug-likeness (QED) is 0.901. The monoisotopic (exact) mass is 281 g/mol. The van der Waals surface area contributed by atoms with Crippen LogP contribution in [0.2, 0.25) is 0 Å². The van der Waals surface area contributed by atoms with Crippen molar-refractivity contribution in [2.24, 2.45) is 5.41 Å². The number of piperidine rings is 1. The zero-order chi connectivity index (χ0) is 14.6. The molecule has 1 aromatic carbocycles. The maximum absolute atomic E-state index is 13.7. The number of halogens is 1. The van der Waals surface area contributed by atoms with Gasteiger partial charge in [0.05, 0.1) is 7.11 Å². The Morgan fingerprint density at radius 2 is 2.05 bits per heavy atom. The van der Waals surface area contributed by atoms with Gasteiger partial charge in [-0.25, -0.2) is 4.39 Å². The number of rotatable bonds is 5. The molecule has 1 fully saturated rings. The number of likely N-dealkylation sites (tertiary alicyclic amines) is 1. The van der Waals surface area contributed by atoms with Crippen molar-refractivity contribution in [1.82, 2.24) is 4.90 Å². The van der Waals surface area contributed by atoms with Crippen LogP contribution in [0.4, 0.5) is 4.39 Å². The molecule has 0 aliphatic carbocycles. The molecule has 0 amide bonds. The molecule has 0 unspecified atom stereocenters. The molecule has 0 aromatic heterocycles. The van der Waals surface area contributed by atoms with E-state index in [-0.39, 0.29) is 23.6 Å². The lowest BCUT2D eigenvalue weighted by molar-refractivity contribution is 0.0382. The lowest BCUT2D eigenvalue weighted by Gasteiger charge is -2.40. The number of methoxy groups -OCH3 is 1. The van der Waals surface area contributed by atoms with E-state index in [1.165, 1.54) is 7.11 Å². The van der Waals surface area contributed by atoms with E-state index >= 15 is 0 Å². The van der Waals surface area contributed by atoms with Gasteiger partial charge in [0.15, 0.2) is 11.6 Å². The molecule has 0 spiro atoms. The van der Waals surface area contributed by atoms with Crippen molar-refractivity contribution in [1.29, 1.82) is 0 Å². The predicted molar refractivity (Wildman–Crippen MR) is 77.3 cm³/mol. The molecule has 1 heterocycles. The van der Waals surface area contributed by atoms with E-state index in [2.05, 4.69) is 11.8 Å². The molecule has 0 atom stereocenters. The number of ether oxygens (including phenoxy) is 1. The van der Waals surface area contributed by atoms with Gasteiger partial charge < -0.3 is 9.84 Å². The summed E-state index contributed by atoms with van der Waals surface area (Å²) in [6, 6.07) is 5.14. The number of nitrogens with zero attached hydrogens (tertiary/aromatic N) is 1. The Balaban J connectivity index is 1.94. The standard InChI is InChI=1S/C16H24FNO2/c1-3-16(12-19)6-8-18(9-7-16)11-13-4-5-15(20-2)14(17)10-13/h4-5,10,19H,3,6-9,11-12H2,1-2H3. The second-order valence-electron chi connectivity index (χ2n) is 5.76. The maximum atomic E-state index is 13.7. The summed E-state index contributed by atoms with van der Waals surface area (Å²) < 4.78 is 18.6. The van der Waals surface area contributed by atoms with Crippen molar-refractivity contribution in [2.75, 3.05) is 26.8 Å². The van der Waals surface area contributed by atoms with Crippen LogP contribution in [0.15, 0.2) is 18.2 Å². The minimum absolute atomic E-state index is 0.0989. The summed E-state index contributed by atoms with van der Waals surface area (Å²) in [7, 11) is 1.47. The average molecular weight is 281 g/mol. The lowest BCUT2D eigenvalue weighted by atomic mass is 9.77. The molecule has 20 heavy (non-hydrogen) atoms. The van der Waals surface area contributed by atoms with Crippen molar-refractivity contribution in [3.63, 3.8) is 0 Å². The second kappa shape index (κ2) is 6.55. The van der Waals surface area contributed by atoms with Gasteiger partial charge in [0, 0.05) is 13.2 Å². The molecule has 4 heteroatoms. The Morgan fingerprint density at radius 1 is 1.35 bits per heavy atom. The third-order valence-corrected chi connectivity index (χ3v) is 4.62. The molecule has 1 aliphatic heterocycles. The highest BCUT2D eigenvalue weighted by Gasteiger charge is 2.32. The van der Waals surface area contributed by atoms with Crippen LogP contribution in [-0.4, -0.2) is 36.8 Å². The van der Waals surface area contributed by atoms with Gasteiger partial charge in [-0.1, -0.05) is 13.0 Å². The highest BCUT2D eigenvalue weighted by Crippen LogP contribution is 2.34. The third-order valence-electron chi connectivity index (χ3n) is 4.62. The minimum atomic E-state index is -0.305. The smallest absolute Gasteiger partial charge is 0.165 e. The Labute approximate surface area is 120 Å². The SMILES string of the molecule is CCC1(CO)CCN(Cc2ccc(OC)c(F)c2)CC1. The van der Waals surface area contributed by atoms with Crippen LogP contribution in [0.1, 0.15) is 31.7 Å². The van der Waals surface area contributed by atoms with Crippen LogP contribution >= 0.6 is 0 Å². The fraction of sp³-hybridized carbons (Fsp3) is 0.625. The van der Waals surface area contributed by atoms with Crippen molar-refractivity contribution >= 4 is 0 Å². The molecule has 2 rings (SSSR count). The highest BCUT2D eigenvalue weighted by molar-refractivity contribution is 5.29. The van der Waals surface area contributed by atoms with Gasteiger partial charge in [0.25, 0.3) is 0 Å². The zero-order valence-corrected chi connectivity index (χ0v) is 12.4. The van der Waals surface area contributed by atoms with Crippen LogP contribution in [0, 0.1) is 11.2 Å². The van der Waals surface area contributed by atoms with Gasteiger partial charge in [-0.3, -0.25) is 4.90 Å².